The van der Waals surface area contributed by atoms with Crippen LogP contribution in [0.15, 0.2) is 158 Å². The number of carbonyl (C=O) groups excluding carboxylic acids is 3. The Morgan fingerprint density at radius 1 is 0.260 bits per heavy atom. The minimum Gasteiger partial charge on any atom is -0.462 e. The Hall–Kier alpha value is -4.97. The van der Waals surface area contributed by atoms with Gasteiger partial charge in [0.05, 0.1) is 0 Å². The largest absolute Gasteiger partial charge is 0.462 e. The Labute approximate surface area is 473 Å². The first-order chi connectivity index (χ1) is 38.0. The van der Waals surface area contributed by atoms with Crippen molar-refractivity contribution in [3.05, 3.63) is 158 Å². The van der Waals surface area contributed by atoms with Gasteiger partial charge in [0.1, 0.15) is 13.2 Å². The lowest BCUT2D eigenvalue weighted by Crippen LogP contribution is -2.30. The lowest BCUT2D eigenvalue weighted by Gasteiger charge is -2.18. The van der Waals surface area contributed by atoms with Crippen LogP contribution in [0, 0.1) is 0 Å². The molecule has 0 amide bonds. The number of carbonyl (C=O) groups is 3. The molecule has 6 heteroatoms. The fourth-order valence-electron chi connectivity index (χ4n) is 7.98. The number of hydrogen-bond donors (Lipinski definition) is 0. The molecule has 0 rings (SSSR count). The Morgan fingerprint density at radius 2 is 0.468 bits per heavy atom. The standard InChI is InChI=1S/C71H112O6/c1-4-7-10-13-16-19-22-25-28-31-33-35-37-40-43-46-49-52-55-58-61-64-70(73)76-67-68(66-75-69(72)63-60-57-54-51-48-45-42-39-30-27-24-21-18-15-12-9-6-3)77-71(74)65-62-59-56-53-50-47-44-41-38-36-34-32-29-26-23-20-17-14-11-8-5-2/h7-12,16-21,25-30,33-36,40,43,49,52,68H,4-6,13-15,22-24,31-32,37-39,41-42,44-48,50-51,53-67H2,1-3H3/b10-7-,11-8-,12-9-,19-16-,20-17-,21-18-,28-25-,29-26-,30-27-,35-33-,36-34-,43-40-,52-49-. The summed E-state index contributed by atoms with van der Waals surface area (Å²) in [6.07, 6.45) is 92.4. The molecule has 0 aliphatic carbocycles. The van der Waals surface area contributed by atoms with Crippen molar-refractivity contribution in [3.8, 4) is 0 Å². The normalized spacial score (nSPS) is 13.2. The lowest BCUT2D eigenvalue weighted by atomic mass is 10.1. The summed E-state index contributed by atoms with van der Waals surface area (Å²) in [5, 5.41) is 0. The van der Waals surface area contributed by atoms with Crippen LogP contribution in [0.4, 0.5) is 0 Å². The second-order valence-electron chi connectivity index (χ2n) is 19.8. The third kappa shape index (κ3) is 61.8. The summed E-state index contributed by atoms with van der Waals surface area (Å²) in [6, 6.07) is 0. The molecule has 0 radical (unpaired) electrons. The van der Waals surface area contributed by atoms with Gasteiger partial charge in [0.15, 0.2) is 6.10 Å². The van der Waals surface area contributed by atoms with Crippen molar-refractivity contribution in [2.75, 3.05) is 13.2 Å². The predicted molar refractivity (Wildman–Crippen MR) is 334 cm³/mol. The maximum absolute atomic E-state index is 12.9. The van der Waals surface area contributed by atoms with E-state index in [-0.39, 0.29) is 31.1 Å². The minimum absolute atomic E-state index is 0.107. The van der Waals surface area contributed by atoms with Gasteiger partial charge in [-0.05, 0) is 141 Å². The Kier molecular flexibility index (Phi) is 59.5. The molecule has 0 aromatic rings. The van der Waals surface area contributed by atoms with E-state index < -0.39 is 6.10 Å². The van der Waals surface area contributed by atoms with Gasteiger partial charge in [-0.15, -0.1) is 0 Å². The second-order valence-corrected chi connectivity index (χ2v) is 19.8. The Morgan fingerprint density at radius 3 is 0.753 bits per heavy atom. The van der Waals surface area contributed by atoms with Crippen LogP contribution in [0.3, 0.4) is 0 Å². The van der Waals surface area contributed by atoms with Crippen molar-refractivity contribution in [2.24, 2.45) is 0 Å². The van der Waals surface area contributed by atoms with Crippen molar-refractivity contribution in [3.63, 3.8) is 0 Å². The number of ether oxygens (including phenoxy) is 3. The van der Waals surface area contributed by atoms with Gasteiger partial charge in [0.2, 0.25) is 0 Å². The Bertz CT molecular complexity index is 1740. The van der Waals surface area contributed by atoms with Gasteiger partial charge in [-0.25, -0.2) is 0 Å². The fourth-order valence-corrected chi connectivity index (χ4v) is 7.98. The molecule has 6 nitrogen and oxygen atoms in total. The molecule has 0 N–H and O–H groups in total. The van der Waals surface area contributed by atoms with Crippen LogP contribution < -0.4 is 0 Å². The molecule has 0 spiro atoms. The maximum Gasteiger partial charge on any atom is 0.306 e. The van der Waals surface area contributed by atoms with Crippen LogP contribution >= 0.6 is 0 Å². The topological polar surface area (TPSA) is 78.9 Å². The van der Waals surface area contributed by atoms with Gasteiger partial charge in [0, 0.05) is 19.3 Å². The zero-order valence-electron chi connectivity index (χ0n) is 49.4. The quantitative estimate of drug-likeness (QED) is 0.0261. The van der Waals surface area contributed by atoms with Crippen LogP contribution in [-0.2, 0) is 28.6 Å². The van der Waals surface area contributed by atoms with Crippen LogP contribution in [-0.4, -0.2) is 37.2 Å². The monoisotopic (exact) mass is 1060 g/mol. The van der Waals surface area contributed by atoms with E-state index in [0.717, 1.165) is 148 Å². The number of allylic oxidation sites excluding steroid dienone is 26. The molecule has 0 aliphatic heterocycles. The maximum atomic E-state index is 12.9. The molecular formula is C71H112O6. The smallest absolute Gasteiger partial charge is 0.306 e. The highest BCUT2D eigenvalue weighted by molar-refractivity contribution is 5.71. The zero-order chi connectivity index (χ0) is 55.7. The SMILES string of the molecule is CC/C=C\C/C=C\C/C=C\C/C=C\C/C=C\C/C=C\CCCCC(=O)OCC(COC(=O)CCCCCCCCC/C=C\C/C=C\C/C=C\CC)OC(=O)CCCCCCCCCC/C=C\C/C=C\C/C=C\C/C=C\CC. The molecule has 0 aromatic heterocycles. The summed E-state index contributed by atoms with van der Waals surface area (Å²) in [5.74, 6) is -0.973. The van der Waals surface area contributed by atoms with Crippen molar-refractivity contribution < 1.29 is 28.6 Å². The zero-order valence-corrected chi connectivity index (χ0v) is 49.4. The fraction of sp³-hybridized carbons (Fsp3) is 0.592. The molecule has 77 heavy (non-hydrogen) atoms. The van der Waals surface area contributed by atoms with E-state index >= 15 is 0 Å². The van der Waals surface area contributed by atoms with Crippen molar-refractivity contribution >= 4 is 17.9 Å². The number of esters is 3. The van der Waals surface area contributed by atoms with Crippen molar-refractivity contribution in [1.29, 1.82) is 0 Å². The van der Waals surface area contributed by atoms with Gasteiger partial charge >= 0.3 is 17.9 Å². The first-order valence-electron chi connectivity index (χ1n) is 31.0. The molecule has 1 atom stereocenters. The first kappa shape index (κ1) is 72.0. The van der Waals surface area contributed by atoms with Crippen molar-refractivity contribution in [1.82, 2.24) is 0 Å². The van der Waals surface area contributed by atoms with Gasteiger partial charge in [-0.1, -0.05) is 249 Å². The van der Waals surface area contributed by atoms with Crippen LogP contribution in [0.1, 0.15) is 252 Å². The van der Waals surface area contributed by atoms with E-state index in [1.165, 1.54) is 57.8 Å². The highest BCUT2D eigenvalue weighted by atomic mass is 16.6. The number of hydrogen-bond acceptors (Lipinski definition) is 6. The molecular weight excluding hydrogens is 949 g/mol. The van der Waals surface area contributed by atoms with Gasteiger partial charge in [-0.3, -0.25) is 14.4 Å². The second kappa shape index (κ2) is 63.6. The highest BCUT2D eigenvalue weighted by Gasteiger charge is 2.19. The van der Waals surface area contributed by atoms with E-state index in [9.17, 15) is 14.4 Å². The molecule has 0 aliphatic rings. The lowest BCUT2D eigenvalue weighted by molar-refractivity contribution is -0.167. The van der Waals surface area contributed by atoms with Crippen LogP contribution in [0.2, 0.25) is 0 Å². The molecule has 0 saturated heterocycles. The van der Waals surface area contributed by atoms with Gasteiger partial charge in [-0.2, -0.15) is 0 Å². The van der Waals surface area contributed by atoms with E-state index in [2.05, 4.69) is 179 Å². The Balaban J connectivity index is 4.53. The summed E-state index contributed by atoms with van der Waals surface area (Å²) in [5.41, 5.74) is 0. The van der Waals surface area contributed by atoms with Crippen LogP contribution in [0.5, 0.6) is 0 Å². The average Bonchev–Trinajstić information content (AvgIpc) is 3.43. The van der Waals surface area contributed by atoms with E-state index in [1.807, 2.05) is 0 Å². The summed E-state index contributed by atoms with van der Waals surface area (Å²) in [7, 11) is 0. The highest BCUT2D eigenvalue weighted by Crippen LogP contribution is 2.14. The molecule has 0 heterocycles. The van der Waals surface area contributed by atoms with Gasteiger partial charge in [0.25, 0.3) is 0 Å². The van der Waals surface area contributed by atoms with Gasteiger partial charge < -0.3 is 14.2 Å². The van der Waals surface area contributed by atoms with Crippen molar-refractivity contribution in [2.45, 2.75) is 258 Å². The minimum atomic E-state index is -0.815. The molecule has 0 saturated carbocycles. The summed E-state index contributed by atoms with van der Waals surface area (Å²) < 4.78 is 16.9. The number of rotatable bonds is 54. The predicted octanol–water partition coefficient (Wildman–Crippen LogP) is 21.3. The molecule has 0 bridgehead atoms. The van der Waals surface area contributed by atoms with E-state index in [4.69, 9.17) is 14.2 Å². The average molecular weight is 1060 g/mol. The first-order valence-corrected chi connectivity index (χ1v) is 31.0. The number of unbranched alkanes of at least 4 members (excludes halogenated alkanes) is 17. The summed E-state index contributed by atoms with van der Waals surface area (Å²) >= 11 is 0. The van der Waals surface area contributed by atoms with E-state index in [1.54, 1.807) is 0 Å². The molecule has 0 fully saturated rings. The molecule has 0 aromatic carbocycles. The summed E-state index contributed by atoms with van der Waals surface area (Å²) in [6.45, 7) is 6.25. The van der Waals surface area contributed by atoms with Crippen LogP contribution in [0.25, 0.3) is 0 Å². The molecule has 432 valence electrons. The molecule has 1 unspecified atom stereocenters. The third-order valence-corrected chi connectivity index (χ3v) is 12.5. The van der Waals surface area contributed by atoms with E-state index in [0.29, 0.717) is 25.7 Å². The third-order valence-electron chi connectivity index (χ3n) is 12.5. The summed E-state index contributed by atoms with van der Waals surface area (Å²) in [4.78, 5) is 38.3.